The van der Waals surface area contributed by atoms with Crippen molar-refractivity contribution in [2.75, 3.05) is 19.8 Å². The summed E-state index contributed by atoms with van der Waals surface area (Å²) in [5.74, 6) is 0.000247. The summed E-state index contributed by atoms with van der Waals surface area (Å²) in [6.45, 7) is 7.33. The van der Waals surface area contributed by atoms with Crippen LogP contribution in [0, 0.1) is 5.41 Å². The van der Waals surface area contributed by atoms with Crippen LogP contribution in [-0.2, 0) is 11.3 Å². The lowest BCUT2D eigenvalue weighted by Gasteiger charge is -2.33. The van der Waals surface area contributed by atoms with Gasteiger partial charge in [0.15, 0.2) is 0 Å². The molecule has 106 valence electrons. The van der Waals surface area contributed by atoms with Gasteiger partial charge >= 0.3 is 0 Å². The maximum absolute atomic E-state index is 12.2. The van der Waals surface area contributed by atoms with Gasteiger partial charge in [-0.2, -0.15) is 0 Å². The molecule has 1 aromatic heterocycles. The van der Waals surface area contributed by atoms with E-state index in [4.69, 9.17) is 4.74 Å². The molecule has 1 fully saturated rings. The summed E-state index contributed by atoms with van der Waals surface area (Å²) in [6, 6.07) is 1.87. The minimum atomic E-state index is 0.000247. The smallest absolute Gasteiger partial charge is 0.267 e. The number of rotatable bonds is 4. The van der Waals surface area contributed by atoms with E-state index in [0.717, 1.165) is 37.1 Å². The van der Waals surface area contributed by atoms with Crippen molar-refractivity contribution in [3.63, 3.8) is 0 Å². The fraction of sp³-hybridized carbons (Fsp3) is 0.643. The quantitative estimate of drug-likeness (QED) is 0.923. The van der Waals surface area contributed by atoms with Gasteiger partial charge in [0.2, 0.25) is 0 Å². The number of carbonyl (C=O) groups excluding carboxylic acids is 1. The summed E-state index contributed by atoms with van der Waals surface area (Å²) < 4.78 is 8.26. The summed E-state index contributed by atoms with van der Waals surface area (Å²) in [7, 11) is 0. The highest BCUT2D eigenvalue weighted by atomic mass is 79.9. The average molecular weight is 329 g/mol. The van der Waals surface area contributed by atoms with Crippen LogP contribution in [0.2, 0.25) is 0 Å². The first-order valence-electron chi connectivity index (χ1n) is 6.76. The van der Waals surface area contributed by atoms with Gasteiger partial charge in [-0.3, -0.25) is 4.79 Å². The molecular weight excluding hydrogens is 308 g/mol. The normalized spacial score (nSPS) is 18.3. The molecule has 0 spiro atoms. The molecule has 0 aromatic carbocycles. The summed E-state index contributed by atoms with van der Waals surface area (Å²) >= 11 is 3.41. The van der Waals surface area contributed by atoms with Crippen LogP contribution in [-0.4, -0.2) is 30.2 Å². The second-order valence-corrected chi connectivity index (χ2v) is 6.35. The van der Waals surface area contributed by atoms with E-state index in [1.54, 1.807) is 0 Å². The van der Waals surface area contributed by atoms with E-state index in [-0.39, 0.29) is 11.3 Å². The van der Waals surface area contributed by atoms with E-state index in [9.17, 15) is 4.79 Å². The lowest BCUT2D eigenvalue weighted by molar-refractivity contribution is 0.0238. The number of halogens is 1. The van der Waals surface area contributed by atoms with Crippen molar-refractivity contribution in [1.29, 1.82) is 0 Å². The molecule has 19 heavy (non-hydrogen) atoms. The van der Waals surface area contributed by atoms with Crippen LogP contribution in [0.25, 0.3) is 0 Å². The third-order valence-corrected chi connectivity index (χ3v) is 4.25. The van der Waals surface area contributed by atoms with Crippen molar-refractivity contribution in [2.24, 2.45) is 5.41 Å². The van der Waals surface area contributed by atoms with E-state index in [1.165, 1.54) is 0 Å². The number of aromatic nitrogens is 1. The molecule has 0 saturated carbocycles. The Bertz CT molecular complexity index is 450. The van der Waals surface area contributed by atoms with Crippen LogP contribution in [0.15, 0.2) is 16.7 Å². The predicted octanol–water partition coefficient (Wildman–Crippen LogP) is 2.82. The van der Waals surface area contributed by atoms with Crippen LogP contribution in [0.5, 0.6) is 0 Å². The molecule has 4 nitrogen and oxygen atoms in total. The van der Waals surface area contributed by atoms with E-state index in [2.05, 4.69) is 28.2 Å². The fourth-order valence-corrected chi connectivity index (χ4v) is 2.82. The Hall–Kier alpha value is -0.810. The Morgan fingerprint density at radius 1 is 1.53 bits per heavy atom. The Labute approximate surface area is 122 Å². The van der Waals surface area contributed by atoms with Crippen molar-refractivity contribution in [2.45, 2.75) is 33.2 Å². The van der Waals surface area contributed by atoms with Gasteiger partial charge < -0.3 is 14.6 Å². The molecule has 5 heteroatoms. The first kappa shape index (κ1) is 14.6. The fourth-order valence-electron chi connectivity index (χ4n) is 2.35. The molecule has 0 radical (unpaired) electrons. The molecule has 1 aliphatic rings. The van der Waals surface area contributed by atoms with Crippen molar-refractivity contribution >= 4 is 21.8 Å². The van der Waals surface area contributed by atoms with Gasteiger partial charge in [-0.25, -0.2) is 0 Å². The first-order valence-corrected chi connectivity index (χ1v) is 7.55. The number of aryl methyl sites for hydroxylation is 1. The largest absolute Gasteiger partial charge is 0.381 e. The number of hydrogen-bond acceptors (Lipinski definition) is 2. The van der Waals surface area contributed by atoms with Gasteiger partial charge in [0, 0.05) is 37.0 Å². The molecule has 2 heterocycles. The third-order valence-electron chi connectivity index (χ3n) is 3.81. The first-order chi connectivity index (χ1) is 9.04. The molecule has 1 amide bonds. The highest BCUT2D eigenvalue weighted by Crippen LogP contribution is 2.28. The maximum Gasteiger partial charge on any atom is 0.267 e. The summed E-state index contributed by atoms with van der Waals surface area (Å²) in [6.07, 6.45) is 3.95. The second-order valence-electron chi connectivity index (χ2n) is 5.44. The zero-order chi connectivity index (χ0) is 13.9. The number of carbonyl (C=O) groups is 1. The van der Waals surface area contributed by atoms with Gasteiger partial charge in [-0.15, -0.1) is 0 Å². The molecule has 0 unspecified atom stereocenters. The minimum absolute atomic E-state index is 0.000247. The zero-order valence-corrected chi connectivity index (χ0v) is 13.1. The maximum atomic E-state index is 12.2. The Morgan fingerprint density at radius 2 is 2.21 bits per heavy atom. The van der Waals surface area contributed by atoms with Crippen molar-refractivity contribution in [1.82, 2.24) is 9.88 Å². The number of hydrogen-bond donors (Lipinski definition) is 1. The van der Waals surface area contributed by atoms with E-state index < -0.39 is 0 Å². The Morgan fingerprint density at radius 3 is 2.84 bits per heavy atom. The molecule has 1 aliphatic heterocycles. The second kappa shape index (κ2) is 6.09. The standard InChI is InChI=1S/C14H21BrN2O2/c1-3-17-9-11(15)8-12(17)13(18)16-10-14(2)4-6-19-7-5-14/h8-9H,3-7,10H2,1-2H3,(H,16,18). The summed E-state index contributed by atoms with van der Waals surface area (Å²) in [5, 5.41) is 3.06. The topological polar surface area (TPSA) is 43.3 Å². The zero-order valence-electron chi connectivity index (χ0n) is 11.5. The van der Waals surface area contributed by atoms with Crippen LogP contribution in [0.1, 0.15) is 37.2 Å². The molecule has 1 N–H and O–H groups in total. The molecule has 0 bridgehead atoms. The molecule has 1 aromatic rings. The highest BCUT2D eigenvalue weighted by molar-refractivity contribution is 9.10. The van der Waals surface area contributed by atoms with Crippen LogP contribution >= 0.6 is 15.9 Å². The van der Waals surface area contributed by atoms with E-state index >= 15 is 0 Å². The number of ether oxygens (including phenoxy) is 1. The highest BCUT2D eigenvalue weighted by Gasteiger charge is 2.28. The van der Waals surface area contributed by atoms with Crippen LogP contribution in [0.3, 0.4) is 0 Å². The van der Waals surface area contributed by atoms with Gasteiger partial charge in [0.05, 0.1) is 0 Å². The Balaban J connectivity index is 1.97. The Kier molecular flexibility index (Phi) is 4.68. The molecule has 0 atom stereocenters. The SMILES string of the molecule is CCn1cc(Br)cc1C(=O)NCC1(C)CCOCC1. The van der Waals surface area contributed by atoms with Crippen molar-refractivity contribution in [3.8, 4) is 0 Å². The minimum Gasteiger partial charge on any atom is -0.381 e. The number of nitrogens with zero attached hydrogens (tertiary/aromatic N) is 1. The van der Waals surface area contributed by atoms with Gasteiger partial charge in [0.1, 0.15) is 5.69 Å². The van der Waals surface area contributed by atoms with Crippen molar-refractivity contribution in [3.05, 3.63) is 22.4 Å². The summed E-state index contributed by atoms with van der Waals surface area (Å²) in [5.41, 5.74) is 0.874. The number of amides is 1. The van der Waals surface area contributed by atoms with Crippen LogP contribution in [0.4, 0.5) is 0 Å². The lowest BCUT2D eigenvalue weighted by atomic mass is 9.82. The molecule has 2 rings (SSSR count). The third kappa shape index (κ3) is 3.60. The number of nitrogens with one attached hydrogen (secondary N) is 1. The van der Waals surface area contributed by atoms with E-state index in [1.807, 2.05) is 23.8 Å². The van der Waals surface area contributed by atoms with Gasteiger partial charge in [0.25, 0.3) is 5.91 Å². The molecule has 0 aliphatic carbocycles. The van der Waals surface area contributed by atoms with Gasteiger partial charge in [-0.05, 0) is 47.2 Å². The molecular formula is C14H21BrN2O2. The van der Waals surface area contributed by atoms with Gasteiger partial charge in [-0.1, -0.05) is 6.92 Å². The van der Waals surface area contributed by atoms with E-state index in [0.29, 0.717) is 12.2 Å². The predicted molar refractivity (Wildman–Crippen MR) is 78.3 cm³/mol. The average Bonchev–Trinajstić information content (AvgIpc) is 2.78. The summed E-state index contributed by atoms with van der Waals surface area (Å²) in [4.78, 5) is 12.2. The van der Waals surface area contributed by atoms with Crippen LogP contribution < -0.4 is 5.32 Å². The monoisotopic (exact) mass is 328 g/mol. The van der Waals surface area contributed by atoms with Crippen molar-refractivity contribution < 1.29 is 9.53 Å². The lowest BCUT2D eigenvalue weighted by Crippen LogP contribution is -2.39. The molecule has 1 saturated heterocycles.